The highest BCUT2D eigenvalue weighted by molar-refractivity contribution is 5.79. The fraction of sp³-hybridized carbons (Fsp3) is 0.588. The van der Waals surface area contributed by atoms with E-state index in [0.29, 0.717) is 13.2 Å². The average Bonchev–Trinajstić information content (AvgIpc) is 2.58. The monoisotopic (exact) mass is 306 g/mol. The Kier molecular flexibility index (Phi) is 7.36. The number of hydrogen-bond acceptors (Lipinski definition) is 4. The number of benzene rings is 1. The minimum absolute atomic E-state index is 0.0853. The zero-order valence-corrected chi connectivity index (χ0v) is 13.2. The first-order valence-electron chi connectivity index (χ1n) is 7.97. The van der Waals surface area contributed by atoms with Crippen LogP contribution in [0.4, 0.5) is 0 Å². The number of carbonyl (C=O) groups excluding carboxylic acids is 1. The molecule has 1 fully saturated rings. The minimum atomic E-state index is -0.128. The topological polar surface area (TPSA) is 59.6 Å². The molecule has 2 N–H and O–H groups in total. The van der Waals surface area contributed by atoms with Crippen LogP contribution in [0.25, 0.3) is 0 Å². The Morgan fingerprint density at radius 3 is 2.86 bits per heavy atom. The number of rotatable bonds is 8. The van der Waals surface area contributed by atoms with Gasteiger partial charge in [-0.2, -0.15) is 0 Å². The molecule has 1 heterocycles. The van der Waals surface area contributed by atoms with E-state index in [0.717, 1.165) is 38.1 Å². The molecule has 1 aliphatic heterocycles. The molecule has 5 nitrogen and oxygen atoms in total. The maximum atomic E-state index is 12.4. The molecule has 122 valence electrons. The van der Waals surface area contributed by atoms with Gasteiger partial charge in [0, 0.05) is 33.4 Å². The van der Waals surface area contributed by atoms with Gasteiger partial charge in [0.15, 0.2) is 0 Å². The predicted octanol–water partition coefficient (Wildman–Crippen LogP) is 1.51. The highest BCUT2D eigenvalue weighted by Gasteiger charge is 2.32. The number of ether oxygens (including phenoxy) is 2. The van der Waals surface area contributed by atoms with Crippen LogP contribution in [-0.2, 0) is 14.3 Å². The Bertz CT molecular complexity index is 439. The zero-order chi connectivity index (χ0) is 15.6. The van der Waals surface area contributed by atoms with E-state index in [1.165, 1.54) is 0 Å². The Labute approximate surface area is 132 Å². The van der Waals surface area contributed by atoms with Gasteiger partial charge in [0.05, 0.1) is 18.6 Å². The summed E-state index contributed by atoms with van der Waals surface area (Å²) < 4.78 is 10.8. The van der Waals surface area contributed by atoms with Crippen LogP contribution < -0.4 is 10.6 Å². The summed E-state index contributed by atoms with van der Waals surface area (Å²) in [6, 6.07) is 10.0. The zero-order valence-electron chi connectivity index (χ0n) is 13.2. The fourth-order valence-electron chi connectivity index (χ4n) is 2.73. The fourth-order valence-corrected chi connectivity index (χ4v) is 2.73. The van der Waals surface area contributed by atoms with Crippen molar-refractivity contribution in [1.82, 2.24) is 10.6 Å². The molecule has 22 heavy (non-hydrogen) atoms. The Morgan fingerprint density at radius 2 is 2.09 bits per heavy atom. The van der Waals surface area contributed by atoms with Gasteiger partial charge in [-0.05, 0) is 18.4 Å². The largest absolute Gasteiger partial charge is 0.383 e. The molecule has 0 spiro atoms. The maximum absolute atomic E-state index is 12.4. The van der Waals surface area contributed by atoms with Crippen LogP contribution in [-0.4, -0.2) is 45.9 Å². The van der Waals surface area contributed by atoms with Crippen LogP contribution in [0.1, 0.15) is 24.5 Å². The van der Waals surface area contributed by atoms with Crippen molar-refractivity contribution in [3.63, 3.8) is 0 Å². The van der Waals surface area contributed by atoms with Crippen molar-refractivity contribution in [2.45, 2.75) is 18.9 Å². The van der Waals surface area contributed by atoms with E-state index in [1.807, 2.05) is 30.3 Å². The molecule has 1 saturated heterocycles. The summed E-state index contributed by atoms with van der Waals surface area (Å²) in [5, 5.41) is 6.22. The van der Waals surface area contributed by atoms with E-state index in [1.54, 1.807) is 7.11 Å². The quantitative estimate of drug-likeness (QED) is 0.715. The third-order valence-corrected chi connectivity index (χ3v) is 3.87. The lowest BCUT2D eigenvalue weighted by Crippen LogP contribution is -2.40. The van der Waals surface area contributed by atoms with Crippen molar-refractivity contribution >= 4 is 5.91 Å². The van der Waals surface area contributed by atoms with E-state index in [-0.39, 0.29) is 17.9 Å². The highest BCUT2D eigenvalue weighted by atomic mass is 16.5. The van der Waals surface area contributed by atoms with Crippen molar-refractivity contribution < 1.29 is 14.3 Å². The standard InChI is InChI=1S/C17H26N2O3/c1-21-13-11-18-9-10-19-17(20)15-8-5-12-22-16(15)14-6-3-2-4-7-14/h2-4,6-7,15-16,18H,5,8-13H2,1H3,(H,19,20). The van der Waals surface area contributed by atoms with Gasteiger partial charge in [0.25, 0.3) is 0 Å². The molecule has 0 bridgehead atoms. The van der Waals surface area contributed by atoms with Gasteiger partial charge in [-0.1, -0.05) is 30.3 Å². The first kappa shape index (κ1) is 16.9. The maximum Gasteiger partial charge on any atom is 0.226 e. The third kappa shape index (κ3) is 5.09. The highest BCUT2D eigenvalue weighted by Crippen LogP contribution is 2.33. The van der Waals surface area contributed by atoms with E-state index >= 15 is 0 Å². The summed E-state index contributed by atoms with van der Waals surface area (Å²) in [5.74, 6) is -0.0165. The molecule has 0 aromatic heterocycles. The summed E-state index contributed by atoms with van der Waals surface area (Å²) in [5.41, 5.74) is 1.08. The molecule has 1 aliphatic rings. The molecule has 0 saturated carbocycles. The molecular weight excluding hydrogens is 280 g/mol. The SMILES string of the molecule is COCCNCCNC(=O)C1CCCOC1c1ccccc1. The summed E-state index contributed by atoms with van der Waals surface area (Å²) in [6.07, 6.45) is 1.69. The lowest BCUT2D eigenvalue weighted by atomic mass is 9.89. The summed E-state index contributed by atoms with van der Waals surface area (Å²) in [4.78, 5) is 12.4. The molecule has 1 amide bonds. The Balaban J connectivity index is 1.81. The van der Waals surface area contributed by atoms with Gasteiger partial charge in [-0.25, -0.2) is 0 Å². The minimum Gasteiger partial charge on any atom is -0.383 e. The van der Waals surface area contributed by atoms with Gasteiger partial charge in [0.1, 0.15) is 0 Å². The molecule has 0 aliphatic carbocycles. The average molecular weight is 306 g/mol. The first-order chi connectivity index (χ1) is 10.8. The van der Waals surface area contributed by atoms with E-state index in [9.17, 15) is 4.79 Å². The van der Waals surface area contributed by atoms with Crippen LogP contribution in [0.2, 0.25) is 0 Å². The van der Waals surface area contributed by atoms with Gasteiger partial charge < -0.3 is 20.1 Å². The van der Waals surface area contributed by atoms with Crippen molar-refractivity contribution in [1.29, 1.82) is 0 Å². The van der Waals surface area contributed by atoms with Gasteiger partial charge >= 0.3 is 0 Å². The number of hydrogen-bond donors (Lipinski definition) is 2. The Morgan fingerprint density at radius 1 is 1.27 bits per heavy atom. The second-order valence-electron chi connectivity index (χ2n) is 5.48. The number of amides is 1. The summed E-state index contributed by atoms with van der Waals surface area (Å²) >= 11 is 0. The van der Waals surface area contributed by atoms with Crippen LogP contribution in [0.5, 0.6) is 0 Å². The first-order valence-corrected chi connectivity index (χ1v) is 7.97. The lowest BCUT2D eigenvalue weighted by molar-refractivity contribution is -0.134. The molecule has 5 heteroatoms. The second kappa shape index (κ2) is 9.56. The van der Waals surface area contributed by atoms with E-state index in [4.69, 9.17) is 9.47 Å². The molecule has 2 unspecified atom stereocenters. The van der Waals surface area contributed by atoms with Crippen LogP contribution >= 0.6 is 0 Å². The predicted molar refractivity (Wildman–Crippen MR) is 85.6 cm³/mol. The van der Waals surface area contributed by atoms with Crippen LogP contribution in [0, 0.1) is 5.92 Å². The number of carbonyl (C=O) groups is 1. The van der Waals surface area contributed by atoms with Gasteiger partial charge in [0.2, 0.25) is 5.91 Å². The Hall–Kier alpha value is -1.43. The van der Waals surface area contributed by atoms with Crippen molar-refractivity contribution in [2.24, 2.45) is 5.92 Å². The molecular formula is C17H26N2O3. The normalized spacial score (nSPS) is 21.5. The van der Waals surface area contributed by atoms with Crippen molar-refractivity contribution in [2.75, 3.05) is 40.0 Å². The molecule has 2 rings (SSSR count). The molecule has 0 radical (unpaired) electrons. The van der Waals surface area contributed by atoms with Crippen molar-refractivity contribution in [3.05, 3.63) is 35.9 Å². The lowest BCUT2D eigenvalue weighted by Gasteiger charge is -2.31. The molecule has 2 atom stereocenters. The summed E-state index contributed by atoms with van der Waals surface area (Å²) in [6.45, 7) is 3.58. The molecule has 1 aromatic rings. The van der Waals surface area contributed by atoms with Crippen molar-refractivity contribution in [3.8, 4) is 0 Å². The number of nitrogens with one attached hydrogen (secondary N) is 2. The third-order valence-electron chi connectivity index (χ3n) is 3.87. The van der Waals surface area contributed by atoms with E-state index < -0.39 is 0 Å². The number of methoxy groups -OCH3 is 1. The van der Waals surface area contributed by atoms with Crippen LogP contribution in [0.15, 0.2) is 30.3 Å². The van der Waals surface area contributed by atoms with E-state index in [2.05, 4.69) is 10.6 Å². The van der Waals surface area contributed by atoms with Gasteiger partial charge in [-0.15, -0.1) is 0 Å². The summed E-state index contributed by atoms with van der Waals surface area (Å²) in [7, 11) is 1.68. The molecule has 1 aromatic carbocycles. The van der Waals surface area contributed by atoms with Crippen LogP contribution in [0.3, 0.4) is 0 Å². The second-order valence-corrected chi connectivity index (χ2v) is 5.48. The smallest absolute Gasteiger partial charge is 0.226 e. The van der Waals surface area contributed by atoms with Gasteiger partial charge in [-0.3, -0.25) is 4.79 Å².